The second kappa shape index (κ2) is 6.02. The van der Waals surface area contributed by atoms with Crippen molar-refractivity contribution in [3.8, 4) is 0 Å². The lowest BCUT2D eigenvalue weighted by Crippen LogP contribution is -2.46. The Bertz CT molecular complexity index is 255. The number of ketones is 1. The zero-order valence-electron chi connectivity index (χ0n) is 10.6. The third kappa shape index (κ3) is 3.62. The second-order valence-corrected chi connectivity index (χ2v) is 5.18. The van der Waals surface area contributed by atoms with Gasteiger partial charge in [0.15, 0.2) is 5.78 Å². The van der Waals surface area contributed by atoms with Gasteiger partial charge in [0, 0.05) is 5.92 Å². The molecule has 3 heteroatoms. The normalized spacial score (nSPS) is 19.5. The fourth-order valence-corrected chi connectivity index (χ4v) is 2.37. The van der Waals surface area contributed by atoms with Gasteiger partial charge in [-0.05, 0) is 25.7 Å². The van der Waals surface area contributed by atoms with Crippen LogP contribution in [0.5, 0.6) is 0 Å². The van der Waals surface area contributed by atoms with Gasteiger partial charge in [0.25, 0.3) is 0 Å². The Morgan fingerprint density at radius 3 is 2.12 bits per heavy atom. The Morgan fingerprint density at radius 2 is 1.69 bits per heavy atom. The quantitative estimate of drug-likeness (QED) is 0.798. The van der Waals surface area contributed by atoms with E-state index in [1.807, 2.05) is 13.8 Å². The van der Waals surface area contributed by atoms with Crippen molar-refractivity contribution in [3.63, 3.8) is 0 Å². The molecule has 3 nitrogen and oxygen atoms in total. The van der Waals surface area contributed by atoms with Gasteiger partial charge >= 0.3 is 0 Å². The SMILES string of the molecule is CC(=O)[C@@H](NC(=O)C1CCCCC1)C(C)C. The topological polar surface area (TPSA) is 46.2 Å². The molecule has 0 spiro atoms. The summed E-state index contributed by atoms with van der Waals surface area (Å²) in [6.45, 7) is 5.48. The number of hydrogen-bond acceptors (Lipinski definition) is 2. The third-order valence-electron chi connectivity index (χ3n) is 3.38. The molecular formula is C13H23NO2. The molecule has 0 aromatic rings. The van der Waals surface area contributed by atoms with Crippen molar-refractivity contribution in [3.05, 3.63) is 0 Å². The van der Waals surface area contributed by atoms with Gasteiger partial charge < -0.3 is 5.32 Å². The molecule has 92 valence electrons. The number of amides is 1. The van der Waals surface area contributed by atoms with E-state index in [0.717, 1.165) is 25.7 Å². The summed E-state index contributed by atoms with van der Waals surface area (Å²) in [7, 11) is 0. The molecule has 1 saturated carbocycles. The monoisotopic (exact) mass is 225 g/mol. The van der Waals surface area contributed by atoms with Crippen LogP contribution in [-0.2, 0) is 9.59 Å². The fraction of sp³-hybridized carbons (Fsp3) is 0.846. The molecule has 0 saturated heterocycles. The maximum atomic E-state index is 12.0. The molecule has 1 aliphatic rings. The second-order valence-electron chi connectivity index (χ2n) is 5.18. The van der Waals surface area contributed by atoms with Crippen molar-refractivity contribution in [1.29, 1.82) is 0 Å². The first-order valence-corrected chi connectivity index (χ1v) is 6.33. The predicted octanol–water partition coefficient (Wildman–Crippen LogP) is 2.30. The molecule has 1 aliphatic carbocycles. The molecule has 0 radical (unpaired) electrons. The van der Waals surface area contributed by atoms with Crippen molar-refractivity contribution in [2.75, 3.05) is 0 Å². The summed E-state index contributed by atoms with van der Waals surface area (Å²) in [5.41, 5.74) is 0. The standard InChI is InChI=1S/C13H23NO2/c1-9(2)12(10(3)15)14-13(16)11-7-5-4-6-8-11/h9,11-12H,4-8H2,1-3H3,(H,14,16)/t12-/m0/s1. The Kier molecular flexibility index (Phi) is 4.97. The van der Waals surface area contributed by atoms with Crippen molar-refractivity contribution in [2.24, 2.45) is 11.8 Å². The van der Waals surface area contributed by atoms with Crippen LogP contribution in [0.25, 0.3) is 0 Å². The van der Waals surface area contributed by atoms with Gasteiger partial charge in [-0.2, -0.15) is 0 Å². The Hall–Kier alpha value is -0.860. The van der Waals surface area contributed by atoms with E-state index < -0.39 is 0 Å². The lowest BCUT2D eigenvalue weighted by molar-refractivity contribution is -0.131. The molecular weight excluding hydrogens is 202 g/mol. The van der Waals surface area contributed by atoms with E-state index >= 15 is 0 Å². The van der Waals surface area contributed by atoms with Crippen LogP contribution < -0.4 is 5.32 Å². The molecule has 0 aliphatic heterocycles. The van der Waals surface area contributed by atoms with E-state index in [-0.39, 0.29) is 29.6 Å². The molecule has 0 aromatic carbocycles. The van der Waals surface area contributed by atoms with Crippen LogP contribution in [0.1, 0.15) is 52.9 Å². The molecule has 16 heavy (non-hydrogen) atoms. The maximum absolute atomic E-state index is 12.0. The highest BCUT2D eigenvalue weighted by Crippen LogP contribution is 2.24. The van der Waals surface area contributed by atoms with E-state index in [2.05, 4.69) is 5.32 Å². The molecule has 0 bridgehead atoms. The van der Waals surface area contributed by atoms with Crippen molar-refractivity contribution in [2.45, 2.75) is 58.9 Å². The Balaban J connectivity index is 2.50. The first kappa shape index (κ1) is 13.2. The van der Waals surface area contributed by atoms with Crippen molar-refractivity contribution >= 4 is 11.7 Å². The van der Waals surface area contributed by atoms with Crippen LogP contribution in [0, 0.1) is 11.8 Å². The summed E-state index contributed by atoms with van der Waals surface area (Å²) in [6.07, 6.45) is 5.49. The molecule has 0 aromatic heterocycles. The predicted molar refractivity (Wildman–Crippen MR) is 64.0 cm³/mol. The summed E-state index contributed by atoms with van der Waals surface area (Å²) in [5, 5.41) is 2.90. The summed E-state index contributed by atoms with van der Waals surface area (Å²) in [5.74, 6) is 0.437. The summed E-state index contributed by atoms with van der Waals surface area (Å²) < 4.78 is 0. The fourth-order valence-electron chi connectivity index (χ4n) is 2.37. The van der Waals surface area contributed by atoms with Crippen molar-refractivity contribution in [1.82, 2.24) is 5.32 Å². The Morgan fingerprint density at radius 1 is 1.12 bits per heavy atom. The molecule has 1 atom stereocenters. The zero-order chi connectivity index (χ0) is 12.1. The highest BCUT2D eigenvalue weighted by atomic mass is 16.2. The molecule has 1 fully saturated rings. The molecule has 0 heterocycles. The average Bonchev–Trinajstić information content (AvgIpc) is 2.25. The molecule has 1 N–H and O–H groups in total. The van der Waals surface area contributed by atoms with Crippen molar-refractivity contribution < 1.29 is 9.59 Å². The van der Waals surface area contributed by atoms with Gasteiger partial charge in [0.2, 0.25) is 5.91 Å². The first-order valence-electron chi connectivity index (χ1n) is 6.33. The molecule has 1 amide bonds. The number of nitrogens with one attached hydrogen (secondary N) is 1. The highest BCUT2D eigenvalue weighted by Gasteiger charge is 2.26. The van der Waals surface area contributed by atoms with E-state index in [0.29, 0.717) is 0 Å². The number of carbonyl (C=O) groups is 2. The zero-order valence-corrected chi connectivity index (χ0v) is 10.6. The lowest BCUT2D eigenvalue weighted by Gasteiger charge is -2.25. The van der Waals surface area contributed by atoms with Gasteiger partial charge in [-0.15, -0.1) is 0 Å². The third-order valence-corrected chi connectivity index (χ3v) is 3.38. The molecule has 0 unspecified atom stereocenters. The number of hydrogen-bond donors (Lipinski definition) is 1. The summed E-state index contributed by atoms with van der Waals surface area (Å²) in [6, 6.07) is -0.311. The minimum Gasteiger partial charge on any atom is -0.346 e. The number of Topliss-reactive ketones (excluding diaryl/α,β-unsaturated/α-hetero) is 1. The van der Waals surface area contributed by atoms with E-state index in [9.17, 15) is 9.59 Å². The number of rotatable bonds is 4. The number of carbonyl (C=O) groups excluding carboxylic acids is 2. The Labute approximate surface area is 98.0 Å². The average molecular weight is 225 g/mol. The van der Waals surface area contributed by atoms with Crippen LogP contribution in [0.4, 0.5) is 0 Å². The highest BCUT2D eigenvalue weighted by molar-refractivity contribution is 5.88. The van der Waals surface area contributed by atoms with Gasteiger partial charge in [-0.25, -0.2) is 0 Å². The van der Waals surface area contributed by atoms with E-state index in [1.54, 1.807) is 6.92 Å². The van der Waals surface area contributed by atoms with E-state index in [1.165, 1.54) is 6.42 Å². The van der Waals surface area contributed by atoms with Crippen LogP contribution in [0.3, 0.4) is 0 Å². The summed E-state index contributed by atoms with van der Waals surface area (Å²) >= 11 is 0. The van der Waals surface area contributed by atoms with Gasteiger partial charge in [0.05, 0.1) is 6.04 Å². The largest absolute Gasteiger partial charge is 0.346 e. The van der Waals surface area contributed by atoms with Crippen LogP contribution in [0.15, 0.2) is 0 Å². The van der Waals surface area contributed by atoms with Gasteiger partial charge in [-0.1, -0.05) is 33.1 Å². The van der Waals surface area contributed by atoms with Crippen LogP contribution in [0.2, 0.25) is 0 Å². The molecule has 1 rings (SSSR count). The van der Waals surface area contributed by atoms with Gasteiger partial charge in [-0.3, -0.25) is 9.59 Å². The van der Waals surface area contributed by atoms with Crippen LogP contribution >= 0.6 is 0 Å². The minimum atomic E-state index is -0.311. The summed E-state index contributed by atoms with van der Waals surface area (Å²) in [4.78, 5) is 23.3. The maximum Gasteiger partial charge on any atom is 0.223 e. The van der Waals surface area contributed by atoms with E-state index in [4.69, 9.17) is 0 Å². The lowest BCUT2D eigenvalue weighted by atomic mass is 9.88. The van der Waals surface area contributed by atoms with Crippen LogP contribution in [-0.4, -0.2) is 17.7 Å². The van der Waals surface area contributed by atoms with Gasteiger partial charge in [0.1, 0.15) is 0 Å². The smallest absolute Gasteiger partial charge is 0.223 e. The first-order chi connectivity index (χ1) is 7.52. The minimum absolute atomic E-state index is 0.0548.